The molecule has 0 amide bonds. The molecule has 0 spiro atoms. The Morgan fingerprint density at radius 1 is 0.566 bits per heavy atom. The molecule has 4 heterocycles. The number of methoxy groups -OCH3 is 2. The van der Waals surface area contributed by atoms with E-state index in [0.717, 1.165) is 20.2 Å². The van der Waals surface area contributed by atoms with Gasteiger partial charge in [0, 0.05) is 20.9 Å². The molecule has 0 bridgehead atoms. The van der Waals surface area contributed by atoms with Gasteiger partial charge in [0.05, 0.1) is 70.0 Å². The zero-order valence-corrected chi connectivity index (χ0v) is 31.9. The van der Waals surface area contributed by atoms with Crippen molar-refractivity contribution in [1.29, 1.82) is 0 Å². The normalized spacial score (nSPS) is 12.0. The molecule has 0 saturated carbocycles. The van der Waals surface area contributed by atoms with Crippen LogP contribution in [0.15, 0.2) is 142 Å². The Hall–Kier alpha value is -5.26. The van der Waals surface area contributed by atoms with Crippen LogP contribution in [0.2, 0.25) is 0 Å². The summed E-state index contributed by atoms with van der Waals surface area (Å²) in [6.07, 6.45) is 5.51. The molecule has 17 heteroatoms. The Labute approximate surface area is 337 Å². The van der Waals surface area contributed by atoms with Crippen LogP contribution < -0.4 is 19.7 Å². The van der Waals surface area contributed by atoms with Crippen molar-refractivity contribution in [2.24, 2.45) is 0 Å². The topological polar surface area (TPSA) is 185 Å². The summed E-state index contributed by atoms with van der Waals surface area (Å²) in [7, 11) is 0.322. The molecule has 4 aromatic carbocycles. The fraction of sp³-hybridized carbons (Fsp3) is 0.0556. The summed E-state index contributed by atoms with van der Waals surface area (Å²) in [5.74, 6) is 0.973. The van der Waals surface area contributed by atoms with Crippen LogP contribution in [0, 0.1) is 0 Å². The van der Waals surface area contributed by atoms with Crippen LogP contribution in [-0.4, -0.2) is 99.5 Å². The Morgan fingerprint density at radius 2 is 0.962 bits per heavy atom. The molecule has 0 aliphatic rings. The molecule has 0 saturated heterocycles. The third kappa shape index (κ3) is 7.63. The Kier molecular flexibility index (Phi) is 11.7. The van der Waals surface area contributed by atoms with E-state index < -0.39 is 33.6 Å². The van der Waals surface area contributed by atoms with E-state index in [1.165, 1.54) is 26.9 Å². The van der Waals surface area contributed by atoms with Gasteiger partial charge in [-0.2, -0.15) is 10.2 Å². The van der Waals surface area contributed by atoms with Gasteiger partial charge in [-0.25, -0.2) is 37.4 Å². The number of hydrogen-bond donors (Lipinski definition) is 0. The van der Waals surface area contributed by atoms with Crippen molar-refractivity contribution in [3.8, 4) is 45.8 Å². The molecule has 260 valence electrons. The summed E-state index contributed by atoms with van der Waals surface area (Å²) >= 11 is 0. The smallest absolute Gasteiger partial charge is 0.844 e. The van der Waals surface area contributed by atoms with E-state index in [4.69, 9.17) is 9.47 Å². The van der Waals surface area contributed by atoms with Gasteiger partial charge in [-0.3, -0.25) is 0 Å². The molecule has 0 aliphatic heterocycles. The molecule has 0 aliphatic carbocycles. The van der Waals surface area contributed by atoms with Gasteiger partial charge < -0.3 is 19.7 Å². The number of fused-ring (bicyclic) bond motifs is 2. The Bertz CT molecular complexity index is 2410. The van der Waals surface area contributed by atoms with Crippen LogP contribution in [0.1, 0.15) is 0 Å². The van der Waals surface area contributed by atoms with Crippen molar-refractivity contribution in [1.82, 2.24) is 39.2 Å². The second-order valence-corrected chi connectivity index (χ2v) is 13.7. The molecule has 2 unspecified atom stereocenters. The number of benzene rings is 4. The monoisotopic (exact) mass is 770 g/mol. The van der Waals surface area contributed by atoms with Gasteiger partial charge in [-0.05, 0) is 59.7 Å². The fourth-order valence-corrected chi connectivity index (χ4v) is 7.66. The molecule has 4 aromatic heterocycles. The summed E-state index contributed by atoms with van der Waals surface area (Å²) in [5, 5.41) is 31.5. The molecule has 2 atom stereocenters. The van der Waals surface area contributed by atoms with Crippen molar-refractivity contribution in [2.45, 2.75) is 19.6 Å². The molecule has 8 rings (SSSR count). The predicted octanol–water partition coefficient (Wildman–Crippen LogP) is 3.70. The Morgan fingerprint density at radius 3 is 1.34 bits per heavy atom. The van der Waals surface area contributed by atoms with Crippen LogP contribution in [-0.2, 0) is 21.6 Å². The first-order valence-electron chi connectivity index (χ1n) is 15.4. The number of rotatable bonds is 8. The quantitative estimate of drug-likeness (QED) is 0.205. The van der Waals surface area contributed by atoms with Crippen molar-refractivity contribution in [3.05, 3.63) is 122 Å². The first kappa shape index (κ1) is 37.5. The van der Waals surface area contributed by atoms with Crippen LogP contribution in [0.3, 0.4) is 0 Å². The van der Waals surface area contributed by atoms with E-state index in [-0.39, 0.29) is 37.7 Å². The van der Waals surface area contributed by atoms with Crippen LogP contribution in [0.5, 0.6) is 23.5 Å². The standard InChI is InChI=1S/2C18H14N4O3S.Ca/c2*1-25-15-9-12(14-10-21-22-17(14)19-11-20-18(22)23)7-8-16(15)26(24)13-5-3-2-4-6-13;/h2*2-11H,1H3,(H,19,20,23);/q;;+2/p-2. The van der Waals surface area contributed by atoms with E-state index in [0.29, 0.717) is 53.5 Å². The molecule has 0 radical (unpaired) electrons. The van der Waals surface area contributed by atoms with E-state index in [1.807, 2.05) is 48.5 Å². The number of hydrogen-bond acceptors (Lipinski definition) is 12. The molecule has 0 N–H and O–H groups in total. The Balaban J connectivity index is 0.000000178. The van der Waals surface area contributed by atoms with Gasteiger partial charge in [-0.1, -0.05) is 48.5 Å². The van der Waals surface area contributed by atoms with Crippen molar-refractivity contribution in [2.75, 3.05) is 14.2 Å². The summed E-state index contributed by atoms with van der Waals surface area (Å²) in [4.78, 5) is 18.0. The second-order valence-electron chi connectivity index (χ2n) is 10.8. The SMILES string of the molecule is COc1cc(-c2cnn3c([O-])ncnc23)ccc1S(=O)c1ccccc1.COc1cc(-c2cnn3c([O-])ncnc23)ccc1S(=O)c1ccccc1.[Ca+2]. The van der Waals surface area contributed by atoms with Gasteiger partial charge in [0.1, 0.15) is 24.2 Å². The van der Waals surface area contributed by atoms with Crippen LogP contribution >= 0.6 is 0 Å². The average Bonchev–Trinajstić information content (AvgIpc) is 3.84. The largest absolute Gasteiger partial charge is 2.00 e. The second kappa shape index (κ2) is 16.6. The van der Waals surface area contributed by atoms with Crippen molar-refractivity contribution >= 4 is 70.6 Å². The van der Waals surface area contributed by atoms with Gasteiger partial charge in [0.15, 0.2) is 11.3 Å². The summed E-state index contributed by atoms with van der Waals surface area (Å²) < 4.78 is 38.8. The molecule has 14 nitrogen and oxygen atoms in total. The van der Waals surface area contributed by atoms with Gasteiger partial charge >= 0.3 is 37.7 Å². The molecular weight excluding hydrogens is 745 g/mol. The minimum atomic E-state index is -1.37. The van der Waals surface area contributed by atoms with E-state index in [9.17, 15) is 18.6 Å². The molecule has 8 aromatic rings. The van der Waals surface area contributed by atoms with Gasteiger partial charge in [-0.15, -0.1) is 0 Å². The summed E-state index contributed by atoms with van der Waals surface area (Å²) in [5.41, 5.74) is 3.65. The van der Waals surface area contributed by atoms with Crippen LogP contribution in [0.4, 0.5) is 0 Å². The number of ether oxygens (including phenoxy) is 2. The molecule has 0 fully saturated rings. The van der Waals surface area contributed by atoms with E-state index in [1.54, 1.807) is 60.9 Å². The van der Waals surface area contributed by atoms with Crippen molar-refractivity contribution < 1.29 is 28.1 Å². The first-order chi connectivity index (χ1) is 25.4. The minimum absolute atomic E-state index is 0. The number of aromatic nitrogens is 8. The van der Waals surface area contributed by atoms with Crippen LogP contribution in [0.25, 0.3) is 33.5 Å². The summed E-state index contributed by atoms with van der Waals surface area (Å²) in [6.45, 7) is 0. The zero-order valence-electron chi connectivity index (χ0n) is 28.1. The number of nitrogens with zero attached hydrogens (tertiary/aromatic N) is 8. The van der Waals surface area contributed by atoms with Gasteiger partial charge in [0.25, 0.3) is 0 Å². The maximum absolute atomic E-state index is 12.8. The fourth-order valence-electron chi connectivity index (χ4n) is 5.31. The molecule has 53 heavy (non-hydrogen) atoms. The van der Waals surface area contributed by atoms with Crippen molar-refractivity contribution in [3.63, 3.8) is 0 Å². The maximum Gasteiger partial charge on any atom is 2.00 e. The molecular formula is C36H26CaN8O6S2. The third-order valence-corrected chi connectivity index (χ3v) is 10.7. The summed E-state index contributed by atoms with van der Waals surface area (Å²) in [6, 6.07) is 28.0. The van der Waals surface area contributed by atoms with E-state index in [2.05, 4.69) is 30.1 Å². The predicted molar refractivity (Wildman–Crippen MR) is 192 cm³/mol. The third-order valence-electron chi connectivity index (χ3n) is 7.81. The maximum atomic E-state index is 12.8. The zero-order chi connectivity index (χ0) is 36.2. The average molecular weight is 771 g/mol. The van der Waals surface area contributed by atoms with E-state index >= 15 is 0 Å². The first-order valence-corrected chi connectivity index (χ1v) is 17.7. The van der Waals surface area contributed by atoms with Gasteiger partial charge in [0.2, 0.25) is 0 Å². The minimum Gasteiger partial charge on any atom is -0.844 e.